The second kappa shape index (κ2) is 9.28. The minimum atomic E-state index is -1.03. The summed E-state index contributed by atoms with van der Waals surface area (Å²) in [5.74, 6) is 0.257. The van der Waals surface area contributed by atoms with Crippen molar-refractivity contribution in [3.05, 3.63) is 71.8 Å². The number of thioether (sulfide) groups is 1. The Hall–Kier alpha value is -1.90. The molecule has 29 heavy (non-hydrogen) atoms. The molecular weight excluding hydrogens is 392 g/mol. The summed E-state index contributed by atoms with van der Waals surface area (Å²) in [6.45, 7) is 2.28. The number of ether oxygens (including phenoxy) is 4. The zero-order chi connectivity index (χ0) is 20.2. The molecule has 4 rings (SSSR count). The van der Waals surface area contributed by atoms with Crippen molar-refractivity contribution in [3.8, 4) is 0 Å². The Morgan fingerprint density at radius 2 is 1.79 bits per heavy atom. The second-order valence-corrected chi connectivity index (χ2v) is 8.28. The van der Waals surface area contributed by atoms with Gasteiger partial charge in [0.15, 0.2) is 12.4 Å². The molecule has 2 aliphatic rings. The molecule has 2 fully saturated rings. The van der Waals surface area contributed by atoms with Crippen molar-refractivity contribution in [2.24, 2.45) is 0 Å². The van der Waals surface area contributed by atoms with E-state index in [4.69, 9.17) is 18.9 Å². The van der Waals surface area contributed by atoms with Crippen molar-refractivity contribution >= 4 is 17.7 Å². The van der Waals surface area contributed by atoms with Gasteiger partial charge in [-0.15, -0.1) is 11.8 Å². The summed E-state index contributed by atoms with van der Waals surface area (Å²) < 4.78 is 23.7. The predicted octanol–water partition coefficient (Wildman–Crippen LogP) is 3.17. The first-order chi connectivity index (χ1) is 14.2. The van der Waals surface area contributed by atoms with Crippen molar-refractivity contribution in [2.45, 2.75) is 43.1 Å². The van der Waals surface area contributed by atoms with Crippen LogP contribution in [0.5, 0.6) is 0 Å². The van der Waals surface area contributed by atoms with Gasteiger partial charge in [-0.25, -0.2) is 4.79 Å². The third-order valence-corrected chi connectivity index (χ3v) is 6.01. The Labute approximate surface area is 174 Å². The molecule has 2 heterocycles. The van der Waals surface area contributed by atoms with Crippen molar-refractivity contribution < 1.29 is 28.8 Å². The van der Waals surface area contributed by atoms with E-state index in [1.54, 1.807) is 24.3 Å². The molecule has 0 radical (unpaired) electrons. The van der Waals surface area contributed by atoms with Crippen LogP contribution in [0.2, 0.25) is 0 Å². The molecule has 0 spiro atoms. The molecule has 154 valence electrons. The van der Waals surface area contributed by atoms with Gasteiger partial charge in [-0.05, 0) is 17.9 Å². The molecule has 2 aromatic carbocycles. The highest BCUT2D eigenvalue weighted by Crippen LogP contribution is 2.38. The largest absolute Gasteiger partial charge is 0.452 e. The lowest BCUT2D eigenvalue weighted by Gasteiger charge is -2.47. The summed E-state index contributed by atoms with van der Waals surface area (Å²) >= 11 is 1.48. The number of hydrogen-bond acceptors (Lipinski definition) is 7. The number of rotatable bonds is 5. The maximum atomic E-state index is 12.6. The van der Waals surface area contributed by atoms with Gasteiger partial charge in [0.1, 0.15) is 23.7 Å². The quantitative estimate of drug-likeness (QED) is 0.751. The van der Waals surface area contributed by atoms with Crippen LogP contribution >= 0.6 is 11.8 Å². The van der Waals surface area contributed by atoms with Gasteiger partial charge < -0.3 is 24.1 Å². The minimum Gasteiger partial charge on any atom is -0.452 e. The molecular formula is C22H24O6S. The van der Waals surface area contributed by atoms with E-state index in [1.165, 1.54) is 11.8 Å². The fourth-order valence-corrected chi connectivity index (χ4v) is 4.49. The third-order valence-electron chi connectivity index (χ3n) is 4.96. The summed E-state index contributed by atoms with van der Waals surface area (Å²) in [4.78, 5) is 12.6. The van der Waals surface area contributed by atoms with Crippen LogP contribution in [-0.4, -0.2) is 53.3 Å². The zero-order valence-electron chi connectivity index (χ0n) is 16.0. The first kappa shape index (κ1) is 20.4. The Morgan fingerprint density at radius 3 is 2.48 bits per heavy atom. The SMILES string of the molecule is CCS[C@H]1O[C@@H]2CO[C@@H](c3ccccc3)O[C@H]2[C@H](O)[C@H]1OC(=O)c1ccccc1. The number of aliphatic hydroxyl groups is 1. The van der Waals surface area contributed by atoms with Crippen LogP contribution in [0, 0.1) is 0 Å². The molecule has 2 aromatic rings. The number of benzene rings is 2. The topological polar surface area (TPSA) is 74.2 Å². The van der Waals surface area contributed by atoms with E-state index in [-0.39, 0.29) is 0 Å². The second-order valence-electron chi connectivity index (χ2n) is 6.90. The Bertz CT molecular complexity index is 801. The van der Waals surface area contributed by atoms with Gasteiger partial charge in [-0.3, -0.25) is 0 Å². The molecule has 0 unspecified atom stereocenters. The van der Waals surface area contributed by atoms with E-state index in [0.717, 1.165) is 11.3 Å². The van der Waals surface area contributed by atoms with Crippen LogP contribution in [0.3, 0.4) is 0 Å². The monoisotopic (exact) mass is 416 g/mol. The van der Waals surface area contributed by atoms with E-state index in [1.807, 2.05) is 43.3 Å². The van der Waals surface area contributed by atoms with Crippen molar-refractivity contribution in [3.63, 3.8) is 0 Å². The van der Waals surface area contributed by atoms with Crippen LogP contribution in [0.25, 0.3) is 0 Å². The Morgan fingerprint density at radius 1 is 1.10 bits per heavy atom. The lowest BCUT2D eigenvalue weighted by atomic mass is 9.98. The van der Waals surface area contributed by atoms with Gasteiger partial charge in [0.05, 0.1) is 12.2 Å². The fraction of sp³-hybridized carbons (Fsp3) is 0.409. The summed E-state index contributed by atoms with van der Waals surface area (Å²) in [5, 5.41) is 11.1. The van der Waals surface area contributed by atoms with Crippen LogP contribution in [0.1, 0.15) is 29.1 Å². The maximum Gasteiger partial charge on any atom is 0.338 e. The van der Waals surface area contributed by atoms with Crippen LogP contribution in [-0.2, 0) is 18.9 Å². The average Bonchev–Trinajstić information content (AvgIpc) is 2.77. The molecule has 0 bridgehead atoms. The number of fused-ring (bicyclic) bond motifs is 1. The van der Waals surface area contributed by atoms with Crippen molar-refractivity contribution in [1.82, 2.24) is 0 Å². The fourth-order valence-electron chi connectivity index (χ4n) is 3.54. The number of aliphatic hydroxyl groups excluding tert-OH is 1. The highest BCUT2D eigenvalue weighted by atomic mass is 32.2. The summed E-state index contributed by atoms with van der Waals surface area (Å²) in [7, 11) is 0. The third kappa shape index (κ3) is 4.49. The molecule has 2 aliphatic heterocycles. The number of esters is 1. The van der Waals surface area contributed by atoms with E-state index < -0.39 is 42.1 Å². The lowest BCUT2D eigenvalue weighted by Crippen LogP contribution is -2.62. The van der Waals surface area contributed by atoms with Gasteiger partial charge >= 0.3 is 5.97 Å². The van der Waals surface area contributed by atoms with E-state index in [2.05, 4.69) is 0 Å². The first-order valence-corrected chi connectivity index (χ1v) is 10.8. The van der Waals surface area contributed by atoms with Gasteiger partial charge in [0.2, 0.25) is 0 Å². The summed E-state index contributed by atoms with van der Waals surface area (Å²) in [6.07, 6.45) is -3.56. The number of carbonyl (C=O) groups excluding carboxylic acids is 1. The van der Waals surface area contributed by atoms with Crippen LogP contribution in [0.15, 0.2) is 60.7 Å². The molecule has 2 saturated heterocycles. The number of hydrogen-bond donors (Lipinski definition) is 1. The van der Waals surface area contributed by atoms with E-state index >= 15 is 0 Å². The molecule has 7 heteroatoms. The average molecular weight is 416 g/mol. The minimum absolute atomic E-state index is 0.293. The van der Waals surface area contributed by atoms with E-state index in [9.17, 15) is 9.90 Å². The normalized spacial score (nSPS) is 31.7. The van der Waals surface area contributed by atoms with Crippen molar-refractivity contribution in [1.29, 1.82) is 0 Å². The molecule has 0 saturated carbocycles. The predicted molar refractivity (Wildman–Crippen MR) is 108 cm³/mol. The molecule has 0 aromatic heterocycles. The number of carbonyl (C=O) groups is 1. The van der Waals surface area contributed by atoms with Gasteiger partial charge in [-0.1, -0.05) is 55.5 Å². The molecule has 1 N–H and O–H groups in total. The maximum absolute atomic E-state index is 12.6. The standard InChI is InChI=1S/C22H24O6S/c1-2-29-22-19(27-20(24)14-9-5-3-6-10-14)17(23)18-16(26-22)13-25-21(28-18)15-11-7-4-8-12-15/h3-12,16-19,21-23H,2,13H2,1H3/t16-,17+,18-,19-,21-,22-/m1/s1. The van der Waals surface area contributed by atoms with E-state index in [0.29, 0.717) is 12.2 Å². The zero-order valence-corrected chi connectivity index (χ0v) is 16.9. The lowest BCUT2D eigenvalue weighted by molar-refractivity contribution is -0.317. The van der Waals surface area contributed by atoms with Gasteiger partial charge in [0.25, 0.3) is 0 Å². The Balaban J connectivity index is 1.51. The molecule has 0 aliphatic carbocycles. The van der Waals surface area contributed by atoms with Crippen LogP contribution in [0.4, 0.5) is 0 Å². The highest BCUT2D eigenvalue weighted by molar-refractivity contribution is 7.99. The Kier molecular flexibility index (Phi) is 6.52. The molecule has 6 nitrogen and oxygen atoms in total. The molecule has 0 amide bonds. The van der Waals surface area contributed by atoms with Gasteiger partial charge in [0, 0.05) is 5.56 Å². The summed E-state index contributed by atoms with van der Waals surface area (Å²) in [5.41, 5.74) is 0.794. The first-order valence-electron chi connectivity index (χ1n) is 9.70. The molecule has 6 atom stereocenters. The van der Waals surface area contributed by atoms with Crippen molar-refractivity contribution in [2.75, 3.05) is 12.4 Å². The van der Waals surface area contributed by atoms with Gasteiger partial charge in [-0.2, -0.15) is 0 Å². The highest BCUT2D eigenvalue weighted by Gasteiger charge is 2.51. The summed E-state index contributed by atoms with van der Waals surface area (Å²) in [6, 6.07) is 18.3. The smallest absolute Gasteiger partial charge is 0.338 e. The van der Waals surface area contributed by atoms with Crippen LogP contribution < -0.4 is 0 Å².